The number of hydrogen-bond donors (Lipinski definition) is 1. The van der Waals surface area contributed by atoms with Crippen LogP contribution >= 0.6 is 0 Å². The highest BCUT2D eigenvalue weighted by atomic mass is 16.6. The standard InChI is InChI=1S/C21H33NO4/c1-4-25-21(23)16(2)26-19-13-12-17(14-20(19)24-3)15-22-18-10-8-6-5-7-9-11-18/h12-14,16,18,22H,4-11,15H2,1-3H3/t16-/m1/s1. The first-order valence-corrected chi connectivity index (χ1v) is 9.87. The number of carbonyl (C=O) groups is 1. The first kappa shape index (κ1) is 20.6. The zero-order valence-corrected chi connectivity index (χ0v) is 16.4. The Hall–Kier alpha value is -1.75. The van der Waals surface area contributed by atoms with E-state index < -0.39 is 6.10 Å². The Morgan fingerprint density at radius 3 is 2.50 bits per heavy atom. The number of nitrogens with one attached hydrogen (secondary N) is 1. The Labute approximate surface area is 157 Å². The molecule has 5 heteroatoms. The maximum atomic E-state index is 11.7. The number of esters is 1. The molecule has 0 radical (unpaired) electrons. The minimum atomic E-state index is -0.664. The molecule has 1 aliphatic carbocycles. The van der Waals surface area contributed by atoms with Crippen molar-refractivity contribution < 1.29 is 19.0 Å². The molecule has 0 aliphatic heterocycles. The van der Waals surface area contributed by atoms with Crippen LogP contribution in [0.2, 0.25) is 0 Å². The molecule has 1 N–H and O–H groups in total. The van der Waals surface area contributed by atoms with Gasteiger partial charge in [0.2, 0.25) is 0 Å². The topological polar surface area (TPSA) is 56.8 Å². The fourth-order valence-corrected chi connectivity index (χ4v) is 3.34. The molecule has 1 aromatic rings. The van der Waals surface area contributed by atoms with Crippen LogP contribution in [-0.4, -0.2) is 31.8 Å². The number of methoxy groups -OCH3 is 1. The van der Waals surface area contributed by atoms with Gasteiger partial charge in [0.25, 0.3) is 0 Å². The first-order chi connectivity index (χ1) is 12.6. The van der Waals surface area contributed by atoms with Gasteiger partial charge in [-0.15, -0.1) is 0 Å². The lowest BCUT2D eigenvalue weighted by molar-refractivity contribution is -0.150. The van der Waals surface area contributed by atoms with Crippen LogP contribution in [-0.2, 0) is 16.1 Å². The minimum absolute atomic E-state index is 0.343. The minimum Gasteiger partial charge on any atom is -0.493 e. The lowest BCUT2D eigenvalue weighted by Gasteiger charge is -2.21. The summed E-state index contributed by atoms with van der Waals surface area (Å²) in [6.45, 7) is 4.62. The summed E-state index contributed by atoms with van der Waals surface area (Å²) in [7, 11) is 1.61. The van der Waals surface area contributed by atoms with Crippen LogP contribution in [0.15, 0.2) is 18.2 Å². The summed E-state index contributed by atoms with van der Waals surface area (Å²) in [5, 5.41) is 3.68. The van der Waals surface area contributed by atoms with Crippen LogP contribution < -0.4 is 14.8 Å². The molecule has 0 heterocycles. The highest BCUT2D eigenvalue weighted by Gasteiger charge is 2.18. The van der Waals surface area contributed by atoms with Crippen molar-refractivity contribution in [1.29, 1.82) is 0 Å². The molecule has 0 spiro atoms. The smallest absolute Gasteiger partial charge is 0.347 e. The second-order valence-corrected chi connectivity index (χ2v) is 6.92. The monoisotopic (exact) mass is 363 g/mol. The molecule has 1 saturated carbocycles. The van der Waals surface area contributed by atoms with Crippen molar-refractivity contribution in [3.8, 4) is 11.5 Å². The van der Waals surface area contributed by atoms with Crippen LogP contribution in [0.5, 0.6) is 11.5 Å². The lowest BCUT2D eigenvalue weighted by atomic mass is 9.96. The van der Waals surface area contributed by atoms with E-state index in [-0.39, 0.29) is 5.97 Å². The molecule has 1 atom stereocenters. The molecular weight excluding hydrogens is 330 g/mol. The molecule has 0 saturated heterocycles. The van der Waals surface area contributed by atoms with Gasteiger partial charge in [-0.3, -0.25) is 0 Å². The lowest BCUT2D eigenvalue weighted by Crippen LogP contribution is -2.29. The van der Waals surface area contributed by atoms with Crippen molar-refractivity contribution in [2.24, 2.45) is 0 Å². The van der Waals surface area contributed by atoms with E-state index in [1.54, 1.807) is 21.0 Å². The molecule has 1 aliphatic rings. The highest BCUT2D eigenvalue weighted by Crippen LogP contribution is 2.29. The second kappa shape index (κ2) is 11.1. The summed E-state index contributed by atoms with van der Waals surface area (Å²) < 4.78 is 16.1. The SMILES string of the molecule is CCOC(=O)[C@@H](C)Oc1ccc(CNC2CCCCCCC2)cc1OC. The Bertz CT molecular complexity index is 553. The molecule has 0 aromatic heterocycles. The normalized spacial score (nSPS) is 17.0. The fourth-order valence-electron chi connectivity index (χ4n) is 3.34. The maximum Gasteiger partial charge on any atom is 0.347 e. The van der Waals surface area contributed by atoms with Gasteiger partial charge >= 0.3 is 5.97 Å². The van der Waals surface area contributed by atoms with Gasteiger partial charge in [0.05, 0.1) is 13.7 Å². The molecule has 1 fully saturated rings. The van der Waals surface area contributed by atoms with Gasteiger partial charge in [-0.2, -0.15) is 0 Å². The Kier molecular flexibility index (Phi) is 8.75. The van der Waals surface area contributed by atoms with Gasteiger partial charge < -0.3 is 19.5 Å². The van der Waals surface area contributed by atoms with Crippen LogP contribution in [0.1, 0.15) is 64.4 Å². The van der Waals surface area contributed by atoms with E-state index in [9.17, 15) is 4.79 Å². The van der Waals surface area contributed by atoms with Crippen molar-refractivity contribution in [2.75, 3.05) is 13.7 Å². The Morgan fingerprint density at radius 1 is 1.15 bits per heavy atom. The summed E-state index contributed by atoms with van der Waals surface area (Å²) in [5.41, 5.74) is 1.15. The third-order valence-electron chi connectivity index (χ3n) is 4.85. The average Bonchev–Trinajstić information content (AvgIpc) is 2.61. The van der Waals surface area contributed by atoms with Crippen LogP contribution in [0.3, 0.4) is 0 Å². The number of ether oxygens (including phenoxy) is 3. The van der Waals surface area contributed by atoms with E-state index in [0.717, 1.165) is 12.1 Å². The van der Waals surface area contributed by atoms with E-state index in [1.807, 2.05) is 18.2 Å². The molecule has 1 aromatic carbocycles. The summed E-state index contributed by atoms with van der Waals surface area (Å²) in [5.74, 6) is 0.824. The third-order valence-corrected chi connectivity index (χ3v) is 4.85. The molecule has 146 valence electrons. The molecule has 2 rings (SSSR count). The zero-order chi connectivity index (χ0) is 18.8. The molecule has 0 unspecified atom stereocenters. The number of carbonyl (C=O) groups excluding carboxylic acids is 1. The molecule has 26 heavy (non-hydrogen) atoms. The highest BCUT2D eigenvalue weighted by molar-refractivity contribution is 5.74. The van der Waals surface area contributed by atoms with Crippen molar-refractivity contribution in [3.63, 3.8) is 0 Å². The van der Waals surface area contributed by atoms with Crippen molar-refractivity contribution >= 4 is 5.97 Å². The summed E-state index contributed by atoms with van der Waals surface area (Å²) >= 11 is 0. The van der Waals surface area contributed by atoms with Crippen molar-refractivity contribution in [3.05, 3.63) is 23.8 Å². The summed E-state index contributed by atoms with van der Waals surface area (Å²) in [6.07, 6.45) is 8.59. The molecular formula is C21H33NO4. The molecule has 0 amide bonds. The van der Waals surface area contributed by atoms with Gasteiger partial charge in [-0.25, -0.2) is 4.79 Å². The number of hydrogen-bond acceptors (Lipinski definition) is 5. The molecule has 5 nitrogen and oxygen atoms in total. The molecule has 0 bridgehead atoms. The zero-order valence-electron chi connectivity index (χ0n) is 16.4. The van der Waals surface area contributed by atoms with Gasteiger partial charge in [-0.05, 0) is 44.4 Å². The number of rotatable bonds is 8. The third kappa shape index (κ3) is 6.52. The van der Waals surface area contributed by atoms with Crippen LogP contribution in [0.25, 0.3) is 0 Å². The van der Waals surface area contributed by atoms with Crippen LogP contribution in [0, 0.1) is 0 Å². The average molecular weight is 363 g/mol. The van der Waals surface area contributed by atoms with E-state index in [1.165, 1.54) is 44.9 Å². The van der Waals surface area contributed by atoms with Crippen LogP contribution in [0.4, 0.5) is 0 Å². The van der Waals surface area contributed by atoms with Gasteiger partial charge in [-0.1, -0.05) is 38.2 Å². The van der Waals surface area contributed by atoms with Crippen molar-refractivity contribution in [1.82, 2.24) is 5.32 Å². The number of benzene rings is 1. The quantitative estimate of drug-likeness (QED) is 0.701. The van der Waals surface area contributed by atoms with Gasteiger partial charge in [0.1, 0.15) is 0 Å². The van der Waals surface area contributed by atoms with E-state index >= 15 is 0 Å². The predicted molar refractivity (Wildman–Crippen MR) is 103 cm³/mol. The van der Waals surface area contributed by atoms with Gasteiger partial charge in [0, 0.05) is 12.6 Å². The largest absolute Gasteiger partial charge is 0.493 e. The van der Waals surface area contributed by atoms with E-state index in [4.69, 9.17) is 14.2 Å². The summed E-state index contributed by atoms with van der Waals surface area (Å²) in [4.78, 5) is 11.7. The maximum absolute atomic E-state index is 11.7. The Morgan fingerprint density at radius 2 is 1.85 bits per heavy atom. The van der Waals surface area contributed by atoms with E-state index in [2.05, 4.69) is 5.32 Å². The fraction of sp³-hybridized carbons (Fsp3) is 0.667. The predicted octanol–water partition coefficient (Wildman–Crippen LogP) is 4.23. The summed E-state index contributed by atoms with van der Waals surface area (Å²) in [6, 6.07) is 6.46. The van der Waals surface area contributed by atoms with Crippen molar-refractivity contribution in [2.45, 2.75) is 77.5 Å². The first-order valence-electron chi connectivity index (χ1n) is 9.87. The van der Waals surface area contributed by atoms with E-state index in [0.29, 0.717) is 24.1 Å². The Balaban J connectivity index is 1.93. The second-order valence-electron chi connectivity index (χ2n) is 6.92. The van der Waals surface area contributed by atoms with Gasteiger partial charge in [0.15, 0.2) is 17.6 Å².